The van der Waals surface area contributed by atoms with Crippen molar-refractivity contribution in [3.8, 4) is 0 Å². The van der Waals surface area contributed by atoms with Crippen LogP contribution in [0.3, 0.4) is 0 Å². The molecule has 0 aromatic heterocycles. The second kappa shape index (κ2) is 4.38. The Labute approximate surface area is 104 Å². The Kier molecular flexibility index (Phi) is 3.04. The summed E-state index contributed by atoms with van der Waals surface area (Å²) in [7, 11) is -3.60. The summed E-state index contributed by atoms with van der Waals surface area (Å²) < 4.78 is 24.1. The van der Waals surface area contributed by atoms with E-state index in [1.54, 1.807) is 18.2 Å². The van der Waals surface area contributed by atoms with Crippen molar-refractivity contribution in [3.63, 3.8) is 0 Å². The summed E-state index contributed by atoms with van der Waals surface area (Å²) >= 11 is 0. The van der Waals surface area contributed by atoms with Crippen molar-refractivity contribution in [2.45, 2.75) is 11.8 Å². The number of hydrogen-bond acceptors (Lipinski definition) is 4. The van der Waals surface area contributed by atoms with Gasteiger partial charge < -0.3 is 0 Å². The molecule has 2 rings (SSSR count). The summed E-state index contributed by atoms with van der Waals surface area (Å²) in [6.45, 7) is 1.44. The SMILES string of the molecule is CC1=C(CS(=O)(=O)c2ccccc2)C(=O)NC1=O. The summed E-state index contributed by atoms with van der Waals surface area (Å²) in [6, 6.07) is 7.83. The maximum absolute atomic E-state index is 12.1. The summed E-state index contributed by atoms with van der Waals surface area (Å²) in [5.74, 6) is -1.62. The van der Waals surface area contributed by atoms with Crippen molar-refractivity contribution < 1.29 is 18.0 Å². The summed E-state index contributed by atoms with van der Waals surface area (Å²) in [6.07, 6.45) is 0. The third-order valence-electron chi connectivity index (χ3n) is 2.73. The number of hydrogen-bond donors (Lipinski definition) is 1. The Morgan fingerprint density at radius 1 is 1.06 bits per heavy atom. The largest absolute Gasteiger partial charge is 0.289 e. The van der Waals surface area contributed by atoms with Gasteiger partial charge in [0.05, 0.1) is 10.6 Å². The van der Waals surface area contributed by atoms with Crippen LogP contribution in [0.5, 0.6) is 0 Å². The molecule has 0 spiro atoms. The average Bonchev–Trinajstić information content (AvgIpc) is 2.57. The van der Waals surface area contributed by atoms with Gasteiger partial charge in [0.15, 0.2) is 9.84 Å². The van der Waals surface area contributed by atoms with Crippen molar-refractivity contribution in [2.75, 3.05) is 5.75 Å². The number of benzene rings is 1. The summed E-state index contributed by atoms with van der Waals surface area (Å²) in [5, 5.41) is 2.07. The first-order valence-corrected chi connectivity index (χ1v) is 6.90. The zero-order chi connectivity index (χ0) is 13.3. The maximum Gasteiger partial charge on any atom is 0.255 e. The number of imide groups is 1. The minimum atomic E-state index is -3.60. The van der Waals surface area contributed by atoms with E-state index in [1.807, 2.05) is 0 Å². The highest BCUT2D eigenvalue weighted by Gasteiger charge is 2.30. The minimum absolute atomic E-state index is 0.0175. The van der Waals surface area contributed by atoms with Crippen LogP contribution in [0.1, 0.15) is 6.92 Å². The van der Waals surface area contributed by atoms with Crippen LogP contribution in [0.15, 0.2) is 46.4 Å². The molecule has 0 saturated carbocycles. The van der Waals surface area contributed by atoms with Gasteiger partial charge in [0.1, 0.15) is 0 Å². The third kappa shape index (κ3) is 2.19. The van der Waals surface area contributed by atoms with Crippen molar-refractivity contribution in [1.29, 1.82) is 0 Å². The summed E-state index contributed by atoms with van der Waals surface area (Å²) in [4.78, 5) is 22.8. The monoisotopic (exact) mass is 265 g/mol. The van der Waals surface area contributed by atoms with E-state index in [0.717, 1.165) is 0 Å². The first-order chi connectivity index (χ1) is 8.42. The van der Waals surface area contributed by atoms with Gasteiger partial charge in [-0.15, -0.1) is 0 Å². The van der Waals surface area contributed by atoms with Crippen molar-refractivity contribution in [2.24, 2.45) is 0 Å². The highest BCUT2D eigenvalue weighted by Crippen LogP contribution is 2.19. The first-order valence-electron chi connectivity index (χ1n) is 5.25. The topological polar surface area (TPSA) is 80.3 Å². The molecule has 1 aliphatic rings. The number of rotatable bonds is 3. The fourth-order valence-corrected chi connectivity index (χ4v) is 3.12. The standard InChI is InChI=1S/C12H11NO4S/c1-8-10(12(15)13-11(8)14)7-18(16,17)9-5-3-2-4-6-9/h2-6H,7H2,1H3,(H,13,14,15). The molecule has 5 nitrogen and oxygen atoms in total. The Morgan fingerprint density at radius 3 is 2.17 bits per heavy atom. The second-order valence-electron chi connectivity index (χ2n) is 3.96. The lowest BCUT2D eigenvalue weighted by Gasteiger charge is -2.04. The smallest absolute Gasteiger partial charge is 0.255 e. The van der Waals surface area contributed by atoms with Crippen LogP contribution >= 0.6 is 0 Å². The zero-order valence-corrected chi connectivity index (χ0v) is 10.5. The molecular weight excluding hydrogens is 254 g/mol. The second-order valence-corrected chi connectivity index (χ2v) is 5.95. The number of carbonyl (C=O) groups is 2. The van der Waals surface area contributed by atoms with E-state index in [4.69, 9.17) is 0 Å². The van der Waals surface area contributed by atoms with Crippen LogP contribution in [0, 0.1) is 0 Å². The molecule has 0 radical (unpaired) electrons. The molecule has 94 valence electrons. The molecule has 1 heterocycles. The van der Waals surface area contributed by atoms with Crippen LogP contribution in [0.25, 0.3) is 0 Å². The van der Waals surface area contributed by atoms with Gasteiger partial charge in [-0.25, -0.2) is 8.42 Å². The molecule has 1 aromatic rings. The molecule has 0 aliphatic carbocycles. The fourth-order valence-electron chi connectivity index (χ4n) is 1.65. The van der Waals surface area contributed by atoms with Gasteiger partial charge in [-0.2, -0.15) is 0 Å². The van der Waals surface area contributed by atoms with Crippen molar-refractivity contribution >= 4 is 21.7 Å². The molecule has 18 heavy (non-hydrogen) atoms. The lowest BCUT2D eigenvalue weighted by Crippen LogP contribution is -2.24. The van der Waals surface area contributed by atoms with Crippen LogP contribution in [-0.4, -0.2) is 26.0 Å². The van der Waals surface area contributed by atoms with E-state index >= 15 is 0 Å². The predicted molar refractivity (Wildman–Crippen MR) is 64.3 cm³/mol. The van der Waals surface area contributed by atoms with E-state index < -0.39 is 27.4 Å². The molecule has 2 amide bonds. The van der Waals surface area contributed by atoms with Crippen LogP contribution in [0.4, 0.5) is 0 Å². The number of amides is 2. The lowest BCUT2D eigenvalue weighted by molar-refractivity contribution is -0.124. The Morgan fingerprint density at radius 2 is 1.67 bits per heavy atom. The van der Waals surface area contributed by atoms with Gasteiger partial charge in [0.2, 0.25) is 0 Å². The van der Waals surface area contributed by atoms with Gasteiger partial charge in [0, 0.05) is 11.1 Å². The van der Waals surface area contributed by atoms with E-state index in [9.17, 15) is 18.0 Å². The van der Waals surface area contributed by atoms with Crippen molar-refractivity contribution in [3.05, 3.63) is 41.5 Å². The molecule has 6 heteroatoms. The van der Waals surface area contributed by atoms with Gasteiger partial charge in [-0.1, -0.05) is 18.2 Å². The zero-order valence-electron chi connectivity index (χ0n) is 9.64. The molecule has 0 atom stereocenters. The predicted octanol–water partition coefficient (Wildman–Crippen LogP) is 0.433. The quantitative estimate of drug-likeness (QED) is 0.804. The fraction of sp³-hybridized carbons (Fsp3) is 0.167. The van der Waals surface area contributed by atoms with Gasteiger partial charge >= 0.3 is 0 Å². The molecule has 0 fully saturated rings. The van der Waals surface area contributed by atoms with E-state index in [1.165, 1.54) is 19.1 Å². The van der Waals surface area contributed by atoms with Gasteiger partial charge in [0.25, 0.3) is 11.8 Å². The minimum Gasteiger partial charge on any atom is -0.289 e. The molecule has 0 bridgehead atoms. The highest BCUT2D eigenvalue weighted by atomic mass is 32.2. The number of sulfone groups is 1. The van der Waals surface area contributed by atoms with Crippen molar-refractivity contribution in [1.82, 2.24) is 5.32 Å². The van der Waals surface area contributed by atoms with E-state index in [2.05, 4.69) is 5.32 Å². The van der Waals surface area contributed by atoms with Gasteiger partial charge in [-0.3, -0.25) is 14.9 Å². The lowest BCUT2D eigenvalue weighted by atomic mass is 10.2. The average molecular weight is 265 g/mol. The van der Waals surface area contributed by atoms with E-state index in [-0.39, 0.29) is 16.0 Å². The molecule has 1 N–H and O–H groups in total. The van der Waals surface area contributed by atoms with Gasteiger partial charge in [-0.05, 0) is 19.1 Å². The molecule has 1 aliphatic heterocycles. The Hall–Kier alpha value is -1.95. The molecule has 1 aromatic carbocycles. The van der Waals surface area contributed by atoms with E-state index in [0.29, 0.717) is 0 Å². The molecule has 0 saturated heterocycles. The van der Waals surface area contributed by atoms with Crippen LogP contribution in [0.2, 0.25) is 0 Å². The van der Waals surface area contributed by atoms with Crippen LogP contribution in [-0.2, 0) is 19.4 Å². The Balaban J connectivity index is 2.36. The number of carbonyl (C=O) groups excluding carboxylic acids is 2. The maximum atomic E-state index is 12.1. The number of nitrogens with one attached hydrogen (secondary N) is 1. The summed E-state index contributed by atoms with van der Waals surface area (Å²) in [5.41, 5.74) is 0.184. The first kappa shape index (κ1) is 12.5. The Bertz CT molecular complexity index is 644. The normalized spacial score (nSPS) is 16.1. The molecular formula is C12H11NO4S. The van der Waals surface area contributed by atoms with Crippen LogP contribution < -0.4 is 5.32 Å². The molecule has 0 unspecified atom stereocenters. The third-order valence-corrected chi connectivity index (χ3v) is 4.39. The highest BCUT2D eigenvalue weighted by molar-refractivity contribution is 7.91.